The molecule has 30 heavy (non-hydrogen) atoms. The average Bonchev–Trinajstić information content (AvgIpc) is 3.25. The zero-order valence-corrected chi connectivity index (χ0v) is 17.4. The lowest BCUT2D eigenvalue weighted by Crippen LogP contribution is -2.21. The first kappa shape index (κ1) is 17.3. The summed E-state index contributed by atoms with van der Waals surface area (Å²) >= 11 is 0. The number of hydrogen-bond donors (Lipinski definition) is 0. The van der Waals surface area contributed by atoms with Gasteiger partial charge in [-0.2, -0.15) is 0 Å². The quantitative estimate of drug-likeness (QED) is 0.296. The Morgan fingerprint density at radius 2 is 1.30 bits per heavy atom. The second-order valence-electron chi connectivity index (χ2n) is 8.97. The SMILES string of the molecule is CC(C)(C)n1c2ccccc2c2cc3c4ccccc4n(-c4cccnc4)c3cc21. The van der Waals surface area contributed by atoms with E-state index in [1.54, 1.807) is 0 Å². The molecule has 3 nitrogen and oxygen atoms in total. The summed E-state index contributed by atoms with van der Waals surface area (Å²) in [5, 5.41) is 5.16. The van der Waals surface area contributed by atoms with Crippen LogP contribution < -0.4 is 0 Å². The molecular weight excluding hydrogens is 366 g/mol. The normalized spacial score (nSPS) is 12.5. The number of para-hydroxylation sites is 2. The van der Waals surface area contributed by atoms with Crippen LogP contribution in [0.5, 0.6) is 0 Å². The molecule has 0 saturated heterocycles. The second-order valence-corrected chi connectivity index (χ2v) is 8.97. The van der Waals surface area contributed by atoms with Crippen LogP contribution in [0.3, 0.4) is 0 Å². The summed E-state index contributed by atoms with van der Waals surface area (Å²) < 4.78 is 4.81. The van der Waals surface area contributed by atoms with Crippen molar-refractivity contribution < 1.29 is 0 Å². The fourth-order valence-corrected chi connectivity index (χ4v) is 4.92. The van der Waals surface area contributed by atoms with Gasteiger partial charge in [-0.15, -0.1) is 0 Å². The Morgan fingerprint density at radius 3 is 2.00 bits per heavy atom. The van der Waals surface area contributed by atoms with Gasteiger partial charge in [0, 0.05) is 38.8 Å². The summed E-state index contributed by atoms with van der Waals surface area (Å²) in [6.07, 6.45) is 3.77. The maximum Gasteiger partial charge on any atom is 0.0645 e. The fourth-order valence-electron chi connectivity index (χ4n) is 4.92. The number of fused-ring (bicyclic) bond motifs is 6. The molecule has 0 bridgehead atoms. The summed E-state index contributed by atoms with van der Waals surface area (Å²) in [6, 6.07) is 26.3. The minimum Gasteiger partial charge on any atom is -0.335 e. The molecule has 3 aromatic carbocycles. The molecule has 0 atom stereocenters. The van der Waals surface area contributed by atoms with Crippen molar-refractivity contribution >= 4 is 43.6 Å². The van der Waals surface area contributed by atoms with Crippen molar-refractivity contribution in [3.8, 4) is 5.69 Å². The third-order valence-electron chi connectivity index (χ3n) is 6.04. The number of hydrogen-bond acceptors (Lipinski definition) is 1. The molecule has 3 heterocycles. The Labute approximate surface area is 175 Å². The summed E-state index contributed by atoms with van der Waals surface area (Å²) in [5.74, 6) is 0. The highest BCUT2D eigenvalue weighted by molar-refractivity contribution is 6.18. The molecule has 0 aliphatic carbocycles. The molecule has 0 N–H and O–H groups in total. The molecule has 3 heteroatoms. The zero-order chi connectivity index (χ0) is 20.5. The Bertz CT molecular complexity index is 1560. The number of benzene rings is 3. The molecule has 0 aliphatic heterocycles. The molecule has 0 unspecified atom stereocenters. The minimum atomic E-state index is -0.0276. The highest BCUT2D eigenvalue weighted by Gasteiger charge is 2.22. The first-order valence-corrected chi connectivity index (χ1v) is 10.4. The summed E-state index contributed by atoms with van der Waals surface area (Å²) in [4.78, 5) is 4.38. The van der Waals surface area contributed by atoms with Crippen LogP contribution in [0.15, 0.2) is 85.2 Å². The molecule has 3 aromatic heterocycles. The van der Waals surface area contributed by atoms with Gasteiger partial charge in [0.05, 0.1) is 28.4 Å². The van der Waals surface area contributed by atoms with E-state index in [-0.39, 0.29) is 5.54 Å². The lowest BCUT2D eigenvalue weighted by Gasteiger charge is -2.24. The van der Waals surface area contributed by atoms with Crippen molar-refractivity contribution in [2.24, 2.45) is 0 Å². The standard InChI is InChI=1S/C27H23N3/c1-27(2,3)30-24-13-7-5-11-20(24)22-15-21-19-10-4-6-12-23(19)29(25(21)16-26(22)30)18-9-8-14-28-17-18/h4-17H,1-3H3. The van der Waals surface area contributed by atoms with E-state index in [4.69, 9.17) is 0 Å². The molecule has 0 fully saturated rings. The van der Waals surface area contributed by atoms with Gasteiger partial charge < -0.3 is 9.13 Å². The van der Waals surface area contributed by atoms with Crippen LogP contribution in [0, 0.1) is 0 Å². The van der Waals surface area contributed by atoms with Crippen molar-refractivity contribution in [2.75, 3.05) is 0 Å². The number of rotatable bonds is 1. The Morgan fingerprint density at radius 1 is 0.633 bits per heavy atom. The summed E-state index contributed by atoms with van der Waals surface area (Å²) in [5.41, 5.74) is 6.03. The van der Waals surface area contributed by atoms with Crippen molar-refractivity contribution in [2.45, 2.75) is 26.3 Å². The largest absolute Gasteiger partial charge is 0.335 e. The molecule has 6 aromatic rings. The smallest absolute Gasteiger partial charge is 0.0645 e. The Balaban J connectivity index is 1.87. The van der Waals surface area contributed by atoms with Gasteiger partial charge in [0.25, 0.3) is 0 Å². The first-order valence-electron chi connectivity index (χ1n) is 10.4. The van der Waals surface area contributed by atoms with E-state index < -0.39 is 0 Å². The summed E-state index contributed by atoms with van der Waals surface area (Å²) in [6.45, 7) is 6.83. The Kier molecular flexibility index (Phi) is 3.43. The van der Waals surface area contributed by atoms with E-state index in [9.17, 15) is 0 Å². The van der Waals surface area contributed by atoms with Crippen molar-refractivity contribution in [3.05, 3.63) is 85.2 Å². The number of aromatic nitrogens is 3. The average molecular weight is 390 g/mol. The van der Waals surface area contributed by atoms with Crippen LogP contribution in [-0.4, -0.2) is 14.1 Å². The highest BCUT2D eigenvalue weighted by Crippen LogP contribution is 2.40. The van der Waals surface area contributed by atoms with Crippen LogP contribution in [-0.2, 0) is 5.54 Å². The predicted molar refractivity (Wildman–Crippen MR) is 127 cm³/mol. The van der Waals surface area contributed by atoms with Gasteiger partial charge in [-0.1, -0.05) is 36.4 Å². The van der Waals surface area contributed by atoms with Gasteiger partial charge in [0.1, 0.15) is 0 Å². The van der Waals surface area contributed by atoms with Crippen molar-refractivity contribution in [1.29, 1.82) is 0 Å². The fraction of sp³-hybridized carbons (Fsp3) is 0.148. The van der Waals surface area contributed by atoms with Gasteiger partial charge in [0.15, 0.2) is 0 Å². The molecule has 6 rings (SSSR count). The lowest BCUT2D eigenvalue weighted by molar-refractivity contribution is 0.423. The Hall–Kier alpha value is -3.59. The monoisotopic (exact) mass is 389 g/mol. The van der Waals surface area contributed by atoms with E-state index in [2.05, 4.69) is 102 Å². The summed E-state index contributed by atoms with van der Waals surface area (Å²) in [7, 11) is 0. The molecule has 0 aliphatic rings. The molecule has 0 amide bonds. The maximum absolute atomic E-state index is 4.38. The van der Waals surface area contributed by atoms with Gasteiger partial charge >= 0.3 is 0 Å². The van der Waals surface area contributed by atoms with Crippen LogP contribution in [0.25, 0.3) is 49.3 Å². The van der Waals surface area contributed by atoms with E-state index in [0.717, 1.165) is 5.69 Å². The lowest BCUT2D eigenvalue weighted by atomic mass is 10.1. The zero-order valence-electron chi connectivity index (χ0n) is 17.4. The topological polar surface area (TPSA) is 22.8 Å². The molecule has 146 valence electrons. The minimum absolute atomic E-state index is 0.0276. The van der Waals surface area contributed by atoms with Gasteiger partial charge in [-0.3, -0.25) is 4.98 Å². The van der Waals surface area contributed by atoms with Crippen molar-refractivity contribution in [1.82, 2.24) is 14.1 Å². The third-order valence-corrected chi connectivity index (χ3v) is 6.04. The van der Waals surface area contributed by atoms with Crippen LogP contribution in [0.2, 0.25) is 0 Å². The predicted octanol–water partition coefficient (Wildman–Crippen LogP) is 7.04. The van der Waals surface area contributed by atoms with E-state index in [0.29, 0.717) is 0 Å². The van der Waals surface area contributed by atoms with E-state index in [1.165, 1.54) is 43.6 Å². The number of pyridine rings is 1. The van der Waals surface area contributed by atoms with Crippen molar-refractivity contribution in [3.63, 3.8) is 0 Å². The van der Waals surface area contributed by atoms with Gasteiger partial charge in [-0.25, -0.2) is 0 Å². The maximum atomic E-state index is 4.38. The molecule has 0 spiro atoms. The van der Waals surface area contributed by atoms with Gasteiger partial charge in [0.2, 0.25) is 0 Å². The molecular formula is C27H23N3. The third kappa shape index (κ3) is 2.29. The van der Waals surface area contributed by atoms with Crippen LogP contribution >= 0.6 is 0 Å². The second kappa shape index (κ2) is 5.96. The van der Waals surface area contributed by atoms with E-state index >= 15 is 0 Å². The highest BCUT2D eigenvalue weighted by atomic mass is 15.1. The van der Waals surface area contributed by atoms with Gasteiger partial charge in [-0.05, 0) is 57.2 Å². The first-order chi connectivity index (χ1) is 14.5. The number of nitrogens with zero attached hydrogens (tertiary/aromatic N) is 3. The molecule has 0 radical (unpaired) electrons. The van der Waals surface area contributed by atoms with E-state index in [1.807, 2.05) is 18.5 Å². The van der Waals surface area contributed by atoms with Crippen LogP contribution in [0.1, 0.15) is 20.8 Å². The molecule has 0 saturated carbocycles. The van der Waals surface area contributed by atoms with Crippen LogP contribution in [0.4, 0.5) is 0 Å².